The van der Waals surface area contributed by atoms with Crippen LogP contribution in [0, 0.1) is 0 Å². The molecule has 0 aliphatic heterocycles. The smallest absolute Gasteiger partial charge is 0.232 e. The molecule has 0 radical (unpaired) electrons. The first-order chi connectivity index (χ1) is 9.97. The lowest BCUT2D eigenvalue weighted by atomic mass is 9.97. The zero-order chi connectivity index (χ0) is 15.7. The maximum absolute atomic E-state index is 5.28. The van der Waals surface area contributed by atoms with Crippen LogP contribution in [0.1, 0.15) is 45.8 Å². The van der Waals surface area contributed by atoms with Gasteiger partial charge < -0.3 is 19.9 Å². The molecule has 1 aromatic heterocycles. The molecule has 8 heteroatoms. The number of rotatable bonds is 7. The molecule has 1 heterocycles. The van der Waals surface area contributed by atoms with Crippen LogP contribution in [0.3, 0.4) is 0 Å². The van der Waals surface area contributed by atoms with Crippen molar-refractivity contribution < 1.29 is 9.26 Å². The van der Waals surface area contributed by atoms with Crippen molar-refractivity contribution in [3.8, 4) is 0 Å². The molecule has 0 saturated carbocycles. The maximum atomic E-state index is 5.28. The Morgan fingerprint density at radius 1 is 1.32 bits per heavy atom. The normalized spacial score (nSPS) is 12.0. The summed E-state index contributed by atoms with van der Waals surface area (Å²) in [6, 6.07) is 0. The fraction of sp³-hybridized carbons (Fsp3) is 0.786. The van der Waals surface area contributed by atoms with Crippen LogP contribution >= 0.6 is 24.0 Å². The van der Waals surface area contributed by atoms with Gasteiger partial charge in [0, 0.05) is 32.2 Å². The summed E-state index contributed by atoms with van der Waals surface area (Å²) in [7, 11) is 1.73. The minimum Gasteiger partial charge on any atom is -0.382 e. The molecular weight excluding hydrogens is 397 g/mol. The third-order valence-electron chi connectivity index (χ3n) is 2.71. The highest BCUT2D eigenvalue weighted by Crippen LogP contribution is 2.19. The number of ether oxygens (including phenoxy) is 1. The Labute approximate surface area is 149 Å². The van der Waals surface area contributed by atoms with E-state index in [1.54, 1.807) is 7.05 Å². The highest BCUT2D eigenvalue weighted by molar-refractivity contribution is 14.0. The molecule has 2 N–H and O–H groups in total. The van der Waals surface area contributed by atoms with Crippen LogP contribution < -0.4 is 10.6 Å². The molecule has 7 nitrogen and oxygen atoms in total. The average molecular weight is 425 g/mol. The number of hydrogen-bond acceptors (Lipinski definition) is 5. The first kappa shape index (κ1) is 21.1. The predicted octanol–water partition coefficient (Wildman–Crippen LogP) is 2.08. The molecule has 128 valence electrons. The van der Waals surface area contributed by atoms with E-state index in [4.69, 9.17) is 9.26 Å². The Bertz CT molecular complexity index is 443. The Kier molecular flexibility index (Phi) is 10.3. The van der Waals surface area contributed by atoms with Crippen molar-refractivity contribution in [1.82, 2.24) is 20.8 Å². The van der Waals surface area contributed by atoms with E-state index >= 15 is 0 Å². The van der Waals surface area contributed by atoms with Crippen LogP contribution in [0.2, 0.25) is 0 Å². The van der Waals surface area contributed by atoms with E-state index in [0.29, 0.717) is 24.2 Å². The molecule has 0 fully saturated rings. The van der Waals surface area contributed by atoms with Gasteiger partial charge in [-0.15, -0.1) is 24.0 Å². The second-order valence-corrected chi connectivity index (χ2v) is 5.67. The zero-order valence-electron chi connectivity index (χ0n) is 14.1. The fourth-order valence-electron chi connectivity index (χ4n) is 1.54. The van der Waals surface area contributed by atoms with Crippen molar-refractivity contribution in [2.75, 3.05) is 26.8 Å². The van der Waals surface area contributed by atoms with Crippen LogP contribution in [-0.2, 0) is 16.7 Å². The van der Waals surface area contributed by atoms with E-state index in [1.165, 1.54) is 0 Å². The van der Waals surface area contributed by atoms with Crippen LogP contribution in [0.5, 0.6) is 0 Å². The Morgan fingerprint density at radius 3 is 2.59 bits per heavy atom. The van der Waals surface area contributed by atoms with Crippen molar-refractivity contribution in [3.05, 3.63) is 11.7 Å². The molecule has 0 spiro atoms. The van der Waals surface area contributed by atoms with Gasteiger partial charge in [0.1, 0.15) is 0 Å². The van der Waals surface area contributed by atoms with Gasteiger partial charge in [-0.25, -0.2) is 0 Å². The van der Waals surface area contributed by atoms with Gasteiger partial charge >= 0.3 is 0 Å². The van der Waals surface area contributed by atoms with Crippen molar-refractivity contribution in [3.63, 3.8) is 0 Å². The van der Waals surface area contributed by atoms with E-state index in [9.17, 15) is 0 Å². The van der Waals surface area contributed by atoms with Crippen molar-refractivity contribution in [2.45, 2.75) is 46.1 Å². The first-order valence-electron chi connectivity index (χ1n) is 7.32. The van der Waals surface area contributed by atoms with Crippen LogP contribution in [0.15, 0.2) is 9.52 Å². The van der Waals surface area contributed by atoms with Crippen molar-refractivity contribution in [2.24, 2.45) is 4.99 Å². The molecular formula is C14H28IN5O2. The molecule has 0 saturated heterocycles. The molecule has 0 unspecified atom stereocenters. The monoisotopic (exact) mass is 425 g/mol. The van der Waals surface area contributed by atoms with E-state index in [0.717, 1.165) is 26.2 Å². The van der Waals surface area contributed by atoms with Gasteiger partial charge in [-0.2, -0.15) is 4.98 Å². The number of aliphatic imine (C=N–C) groups is 1. The van der Waals surface area contributed by atoms with Crippen molar-refractivity contribution in [1.29, 1.82) is 0 Å². The molecule has 0 atom stereocenters. The van der Waals surface area contributed by atoms with Crippen molar-refractivity contribution >= 4 is 29.9 Å². The summed E-state index contributed by atoms with van der Waals surface area (Å²) >= 11 is 0. The molecule has 22 heavy (non-hydrogen) atoms. The Balaban J connectivity index is 0.00000441. The summed E-state index contributed by atoms with van der Waals surface area (Å²) in [5, 5.41) is 10.3. The van der Waals surface area contributed by atoms with Gasteiger partial charge in [0.15, 0.2) is 11.8 Å². The summed E-state index contributed by atoms with van der Waals surface area (Å²) in [6.07, 6.45) is 0.935. The molecule has 0 aromatic carbocycles. The van der Waals surface area contributed by atoms with Crippen LogP contribution in [0.25, 0.3) is 0 Å². The average Bonchev–Trinajstić information content (AvgIpc) is 2.91. The topological polar surface area (TPSA) is 84.6 Å². The summed E-state index contributed by atoms with van der Waals surface area (Å²) in [5.74, 6) is 1.98. The van der Waals surface area contributed by atoms with E-state index in [2.05, 4.69) is 25.8 Å². The summed E-state index contributed by atoms with van der Waals surface area (Å²) < 4.78 is 10.5. The lowest BCUT2D eigenvalue weighted by molar-refractivity contribution is 0.145. The standard InChI is InChI=1S/C14H27N5O2.HI/c1-6-20-9-7-8-16-13(15-5)17-10-11-18-12(21-19-11)14(2,3)4;/h6-10H2,1-5H3,(H2,15,16,17);1H. The van der Waals surface area contributed by atoms with Gasteiger partial charge in [0.2, 0.25) is 5.89 Å². The summed E-state index contributed by atoms with van der Waals surface area (Å²) in [4.78, 5) is 8.51. The van der Waals surface area contributed by atoms with Gasteiger partial charge in [-0.05, 0) is 13.3 Å². The first-order valence-corrected chi connectivity index (χ1v) is 7.32. The van der Waals surface area contributed by atoms with E-state index in [1.807, 2.05) is 27.7 Å². The lowest BCUT2D eigenvalue weighted by Gasteiger charge is -2.11. The molecule has 0 aliphatic carbocycles. The minimum absolute atomic E-state index is 0. The number of nitrogens with one attached hydrogen (secondary N) is 2. The third kappa shape index (κ3) is 7.92. The van der Waals surface area contributed by atoms with Gasteiger partial charge in [-0.3, -0.25) is 4.99 Å². The van der Waals surface area contributed by atoms with Gasteiger partial charge in [0.05, 0.1) is 6.54 Å². The summed E-state index contributed by atoms with van der Waals surface area (Å²) in [6.45, 7) is 10.9. The minimum atomic E-state index is -0.134. The quantitative estimate of drug-likeness (QED) is 0.301. The lowest BCUT2D eigenvalue weighted by Crippen LogP contribution is -2.37. The fourth-order valence-corrected chi connectivity index (χ4v) is 1.54. The van der Waals surface area contributed by atoms with Crippen LogP contribution in [-0.4, -0.2) is 42.9 Å². The predicted molar refractivity (Wildman–Crippen MR) is 97.7 cm³/mol. The van der Waals surface area contributed by atoms with E-state index in [-0.39, 0.29) is 29.4 Å². The van der Waals surface area contributed by atoms with Gasteiger partial charge in [0.25, 0.3) is 0 Å². The highest BCUT2D eigenvalue weighted by atomic mass is 127. The molecule has 0 amide bonds. The molecule has 1 rings (SSSR count). The number of guanidine groups is 1. The van der Waals surface area contributed by atoms with E-state index < -0.39 is 0 Å². The van der Waals surface area contributed by atoms with Crippen LogP contribution in [0.4, 0.5) is 0 Å². The second kappa shape index (κ2) is 10.8. The molecule has 0 aliphatic rings. The second-order valence-electron chi connectivity index (χ2n) is 5.67. The Hall–Kier alpha value is -0.900. The van der Waals surface area contributed by atoms with Gasteiger partial charge in [-0.1, -0.05) is 25.9 Å². The summed E-state index contributed by atoms with van der Waals surface area (Å²) in [5.41, 5.74) is -0.134. The number of halogens is 1. The maximum Gasteiger partial charge on any atom is 0.232 e. The highest BCUT2D eigenvalue weighted by Gasteiger charge is 2.21. The largest absolute Gasteiger partial charge is 0.382 e. The SMILES string of the molecule is CCOCCCNC(=NC)NCc1noc(C(C)(C)C)n1.I. The number of nitrogens with zero attached hydrogens (tertiary/aromatic N) is 3. The molecule has 1 aromatic rings. The molecule has 0 bridgehead atoms. The number of hydrogen-bond donors (Lipinski definition) is 2. The zero-order valence-corrected chi connectivity index (χ0v) is 16.4. The Morgan fingerprint density at radius 2 is 2.05 bits per heavy atom. The number of aromatic nitrogens is 2. The third-order valence-corrected chi connectivity index (χ3v) is 2.71.